The molecule has 1 aliphatic rings. The van der Waals surface area contributed by atoms with Crippen molar-refractivity contribution in [3.63, 3.8) is 0 Å². The van der Waals surface area contributed by atoms with E-state index < -0.39 is 0 Å². The summed E-state index contributed by atoms with van der Waals surface area (Å²) >= 11 is 0. The van der Waals surface area contributed by atoms with Crippen LogP contribution in [0.5, 0.6) is 0 Å². The smallest absolute Gasteiger partial charge is 0.0482 e. The lowest BCUT2D eigenvalue weighted by Gasteiger charge is -2.19. The molecule has 0 aromatic carbocycles. The molecule has 1 aliphatic carbocycles. The van der Waals surface area contributed by atoms with Crippen molar-refractivity contribution in [2.45, 2.75) is 31.2 Å². The quantitative estimate of drug-likeness (QED) is 0.892. The molecular formula is C15H17N3. The Labute approximate surface area is 107 Å². The molecule has 2 unspecified atom stereocenters. The number of hydrogen-bond donors (Lipinski definition) is 1. The van der Waals surface area contributed by atoms with Gasteiger partial charge >= 0.3 is 0 Å². The summed E-state index contributed by atoms with van der Waals surface area (Å²) in [5.41, 5.74) is 10.2. The largest absolute Gasteiger partial charge is 0.327 e. The molecule has 0 saturated carbocycles. The van der Waals surface area contributed by atoms with Crippen LogP contribution in [0.1, 0.15) is 29.2 Å². The van der Waals surface area contributed by atoms with Gasteiger partial charge in [0.05, 0.1) is 0 Å². The minimum atomic E-state index is 0.142. The van der Waals surface area contributed by atoms with Gasteiger partial charge < -0.3 is 5.73 Å². The van der Waals surface area contributed by atoms with Crippen molar-refractivity contribution in [2.75, 3.05) is 0 Å². The molecule has 92 valence electrons. The Bertz CT molecular complexity index is 524. The number of aromatic nitrogens is 2. The third-order valence-electron chi connectivity index (χ3n) is 3.74. The minimum absolute atomic E-state index is 0.142. The molecule has 0 spiro atoms. The van der Waals surface area contributed by atoms with E-state index in [0.717, 1.165) is 19.3 Å². The Balaban J connectivity index is 1.77. The Kier molecular flexibility index (Phi) is 3.07. The first-order chi connectivity index (χ1) is 8.84. The monoisotopic (exact) mass is 239 g/mol. The van der Waals surface area contributed by atoms with E-state index in [1.54, 1.807) is 0 Å². The van der Waals surface area contributed by atoms with Gasteiger partial charge in [-0.1, -0.05) is 6.07 Å². The third-order valence-corrected chi connectivity index (χ3v) is 3.74. The molecule has 3 rings (SSSR count). The van der Waals surface area contributed by atoms with E-state index in [1.165, 1.54) is 16.8 Å². The third kappa shape index (κ3) is 2.14. The van der Waals surface area contributed by atoms with Crippen molar-refractivity contribution in [2.24, 2.45) is 5.73 Å². The van der Waals surface area contributed by atoms with Gasteiger partial charge in [-0.15, -0.1) is 0 Å². The van der Waals surface area contributed by atoms with Crippen LogP contribution in [0.25, 0.3) is 0 Å². The van der Waals surface area contributed by atoms with E-state index in [1.807, 2.05) is 36.8 Å². The standard InChI is InChI=1S/C15H17N3/c16-14(10-11-5-8-17-9-6-11)13-4-3-12-2-1-7-18-15(12)13/h1-2,5-9,13-14H,3-4,10,16H2. The Hall–Kier alpha value is -1.74. The fourth-order valence-corrected chi connectivity index (χ4v) is 2.79. The van der Waals surface area contributed by atoms with Crippen molar-refractivity contribution in [3.8, 4) is 0 Å². The highest BCUT2D eigenvalue weighted by molar-refractivity contribution is 5.30. The normalized spacial score (nSPS) is 19.5. The van der Waals surface area contributed by atoms with Gasteiger partial charge in [0.1, 0.15) is 0 Å². The predicted octanol–water partition coefficient (Wildman–Crippen LogP) is 2.08. The zero-order valence-electron chi connectivity index (χ0n) is 10.3. The molecule has 0 bridgehead atoms. The molecule has 0 fully saturated rings. The highest BCUT2D eigenvalue weighted by atomic mass is 14.7. The van der Waals surface area contributed by atoms with E-state index in [9.17, 15) is 0 Å². The maximum Gasteiger partial charge on any atom is 0.0482 e. The Morgan fingerprint density at radius 2 is 2.06 bits per heavy atom. The second-order valence-corrected chi connectivity index (χ2v) is 4.92. The molecule has 3 heteroatoms. The summed E-state index contributed by atoms with van der Waals surface area (Å²) in [6.07, 6.45) is 8.64. The van der Waals surface area contributed by atoms with Gasteiger partial charge in [0.2, 0.25) is 0 Å². The molecule has 18 heavy (non-hydrogen) atoms. The van der Waals surface area contributed by atoms with Gasteiger partial charge in [0, 0.05) is 36.2 Å². The van der Waals surface area contributed by atoms with Crippen LogP contribution in [0.15, 0.2) is 42.9 Å². The van der Waals surface area contributed by atoms with E-state index in [-0.39, 0.29) is 6.04 Å². The number of nitrogens with zero attached hydrogens (tertiary/aromatic N) is 2. The Morgan fingerprint density at radius 1 is 1.22 bits per heavy atom. The predicted molar refractivity (Wildman–Crippen MR) is 71.2 cm³/mol. The second-order valence-electron chi connectivity index (χ2n) is 4.92. The highest BCUT2D eigenvalue weighted by Crippen LogP contribution is 2.33. The van der Waals surface area contributed by atoms with Gasteiger partial charge in [0.15, 0.2) is 0 Å². The van der Waals surface area contributed by atoms with Gasteiger partial charge in [-0.25, -0.2) is 0 Å². The molecule has 0 aliphatic heterocycles. The van der Waals surface area contributed by atoms with E-state index >= 15 is 0 Å². The second kappa shape index (κ2) is 4.86. The molecular weight excluding hydrogens is 222 g/mol. The summed E-state index contributed by atoms with van der Waals surface area (Å²) in [6.45, 7) is 0. The number of aryl methyl sites for hydroxylation is 1. The molecule has 0 saturated heterocycles. The van der Waals surface area contributed by atoms with E-state index in [4.69, 9.17) is 5.73 Å². The Morgan fingerprint density at radius 3 is 2.89 bits per heavy atom. The first-order valence-electron chi connectivity index (χ1n) is 6.43. The van der Waals surface area contributed by atoms with Crippen LogP contribution >= 0.6 is 0 Å². The van der Waals surface area contributed by atoms with Crippen molar-refractivity contribution >= 4 is 0 Å². The molecule has 2 aromatic rings. The highest BCUT2D eigenvalue weighted by Gasteiger charge is 2.28. The lowest BCUT2D eigenvalue weighted by molar-refractivity contribution is 0.517. The zero-order chi connectivity index (χ0) is 12.4. The summed E-state index contributed by atoms with van der Waals surface area (Å²) < 4.78 is 0. The van der Waals surface area contributed by atoms with Crippen molar-refractivity contribution < 1.29 is 0 Å². The summed E-state index contributed by atoms with van der Waals surface area (Å²) in [7, 11) is 0. The number of fused-ring (bicyclic) bond motifs is 1. The lowest BCUT2D eigenvalue weighted by Crippen LogP contribution is -2.30. The molecule has 0 radical (unpaired) electrons. The average Bonchev–Trinajstić information content (AvgIpc) is 2.84. The summed E-state index contributed by atoms with van der Waals surface area (Å²) in [5, 5.41) is 0. The van der Waals surface area contributed by atoms with Gasteiger partial charge in [0.25, 0.3) is 0 Å². The van der Waals surface area contributed by atoms with Crippen LogP contribution in [0.3, 0.4) is 0 Å². The van der Waals surface area contributed by atoms with Crippen LogP contribution in [0.4, 0.5) is 0 Å². The molecule has 3 nitrogen and oxygen atoms in total. The van der Waals surface area contributed by atoms with Crippen LogP contribution in [-0.4, -0.2) is 16.0 Å². The number of pyridine rings is 2. The molecule has 2 aromatic heterocycles. The van der Waals surface area contributed by atoms with E-state index in [0.29, 0.717) is 5.92 Å². The van der Waals surface area contributed by atoms with Crippen molar-refractivity contribution in [1.82, 2.24) is 9.97 Å². The molecule has 2 heterocycles. The van der Waals surface area contributed by atoms with Crippen molar-refractivity contribution in [1.29, 1.82) is 0 Å². The zero-order valence-corrected chi connectivity index (χ0v) is 10.3. The van der Waals surface area contributed by atoms with Gasteiger partial charge in [-0.2, -0.15) is 0 Å². The van der Waals surface area contributed by atoms with Crippen LogP contribution in [0.2, 0.25) is 0 Å². The lowest BCUT2D eigenvalue weighted by atomic mass is 9.92. The number of rotatable bonds is 3. The SMILES string of the molecule is NC(Cc1ccncc1)C1CCc2cccnc21. The number of hydrogen-bond acceptors (Lipinski definition) is 3. The first kappa shape index (κ1) is 11.4. The summed E-state index contributed by atoms with van der Waals surface area (Å²) in [6, 6.07) is 8.39. The van der Waals surface area contributed by atoms with Gasteiger partial charge in [-0.3, -0.25) is 9.97 Å². The van der Waals surface area contributed by atoms with Crippen LogP contribution < -0.4 is 5.73 Å². The summed E-state index contributed by atoms with van der Waals surface area (Å²) in [4.78, 5) is 8.54. The average molecular weight is 239 g/mol. The van der Waals surface area contributed by atoms with Gasteiger partial charge in [-0.05, 0) is 48.6 Å². The minimum Gasteiger partial charge on any atom is -0.327 e. The summed E-state index contributed by atoms with van der Waals surface area (Å²) in [5.74, 6) is 0.398. The first-order valence-corrected chi connectivity index (χ1v) is 6.43. The topological polar surface area (TPSA) is 51.8 Å². The van der Waals surface area contributed by atoms with E-state index in [2.05, 4.69) is 16.0 Å². The fraction of sp³-hybridized carbons (Fsp3) is 0.333. The fourth-order valence-electron chi connectivity index (χ4n) is 2.79. The number of nitrogens with two attached hydrogens (primary N) is 1. The maximum absolute atomic E-state index is 6.37. The molecule has 0 amide bonds. The molecule has 2 N–H and O–H groups in total. The maximum atomic E-state index is 6.37. The molecule has 2 atom stereocenters. The van der Waals surface area contributed by atoms with Crippen LogP contribution in [-0.2, 0) is 12.8 Å². The van der Waals surface area contributed by atoms with Crippen molar-refractivity contribution in [3.05, 3.63) is 59.7 Å². The van der Waals surface area contributed by atoms with Crippen LogP contribution in [0, 0.1) is 0 Å².